The molecule has 0 spiro atoms. The molecule has 0 bridgehead atoms. The first kappa shape index (κ1) is 22.5. The second-order valence-electron chi connectivity index (χ2n) is 7.52. The number of hydrogen-bond donors (Lipinski definition) is 1. The molecular formula is C25H19BrClNO3S. The number of allylic oxidation sites excluding steroid dienone is 1. The first-order valence-electron chi connectivity index (χ1n) is 9.80. The number of carbonyl (C=O) groups is 1. The Morgan fingerprint density at radius 1 is 1.03 bits per heavy atom. The van der Waals surface area contributed by atoms with Crippen LogP contribution in [0.15, 0.2) is 82.3 Å². The molecule has 4 rings (SSSR count). The van der Waals surface area contributed by atoms with Gasteiger partial charge < -0.3 is 4.98 Å². The predicted octanol–water partition coefficient (Wildman–Crippen LogP) is 6.73. The summed E-state index contributed by atoms with van der Waals surface area (Å²) in [6.45, 7) is 1.93. The zero-order valence-corrected chi connectivity index (χ0v) is 20.3. The highest BCUT2D eigenvalue weighted by Gasteiger charge is 2.27. The fourth-order valence-electron chi connectivity index (χ4n) is 3.40. The van der Waals surface area contributed by atoms with Gasteiger partial charge in [-0.2, -0.15) is 0 Å². The lowest BCUT2D eigenvalue weighted by Crippen LogP contribution is -2.16. The van der Waals surface area contributed by atoms with Gasteiger partial charge in [0.2, 0.25) is 5.78 Å². The Labute approximate surface area is 200 Å². The van der Waals surface area contributed by atoms with Gasteiger partial charge >= 0.3 is 0 Å². The fourth-order valence-corrected chi connectivity index (χ4v) is 5.38. The topological polar surface area (TPSA) is 67.0 Å². The van der Waals surface area contributed by atoms with E-state index in [1.807, 2.05) is 37.3 Å². The molecule has 0 amide bonds. The molecule has 1 heterocycles. The van der Waals surface area contributed by atoms with Gasteiger partial charge in [0.15, 0.2) is 9.84 Å². The highest BCUT2D eigenvalue weighted by atomic mass is 79.9. The van der Waals surface area contributed by atoms with Crippen molar-refractivity contribution in [2.24, 2.45) is 0 Å². The minimum atomic E-state index is -3.95. The van der Waals surface area contributed by atoms with Crippen LogP contribution < -0.4 is 0 Å². The van der Waals surface area contributed by atoms with Gasteiger partial charge in [0.1, 0.15) is 4.91 Å². The highest BCUT2D eigenvalue weighted by molar-refractivity contribution is 9.10. The van der Waals surface area contributed by atoms with Crippen molar-refractivity contribution < 1.29 is 13.2 Å². The minimum Gasteiger partial charge on any atom is -0.361 e. The van der Waals surface area contributed by atoms with Crippen molar-refractivity contribution in [3.05, 3.63) is 110 Å². The molecule has 32 heavy (non-hydrogen) atoms. The van der Waals surface area contributed by atoms with Crippen molar-refractivity contribution in [3.8, 4) is 0 Å². The molecule has 0 atom stereocenters. The van der Waals surface area contributed by atoms with Crippen molar-refractivity contribution in [1.29, 1.82) is 0 Å². The fraction of sp³-hybridized carbons (Fsp3) is 0.0800. The molecule has 0 aliphatic carbocycles. The van der Waals surface area contributed by atoms with E-state index in [2.05, 4.69) is 20.9 Å². The second kappa shape index (κ2) is 9.06. The Bertz CT molecular complexity index is 1440. The van der Waals surface area contributed by atoms with Crippen LogP contribution in [0.3, 0.4) is 0 Å². The number of carbonyl (C=O) groups excluding carboxylic acids is 1. The van der Waals surface area contributed by atoms with Crippen LogP contribution in [0.2, 0.25) is 5.02 Å². The van der Waals surface area contributed by atoms with E-state index in [1.165, 1.54) is 18.2 Å². The standard InChI is InChI=1S/C25H19BrClNO3S/c1-16-2-4-17(5-3-16)15-32(30,31)24(25(29)18-6-9-21(27)10-7-18)12-19-14-28-23-11-8-20(26)13-22(19)23/h2-14,28H,15H2,1H3/b24-12+. The molecule has 0 aliphatic rings. The van der Waals surface area contributed by atoms with Crippen LogP contribution in [0, 0.1) is 6.92 Å². The average molecular weight is 529 g/mol. The number of ketones is 1. The first-order chi connectivity index (χ1) is 15.2. The SMILES string of the molecule is Cc1ccc(CS(=O)(=O)/C(=C/c2c[nH]c3ccc(Br)cc23)C(=O)c2ccc(Cl)cc2)cc1. The monoisotopic (exact) mass is 527 g/mol. The number of benzene rings is 3. The summed E-state index contributed by atoms with van der Waals surface area (Å²) in [5.74, 6) is -0.845. The summed E-state index contributed by atoms with van der Waals surface area (Å²) in [6, 6.07) is 19.1. The summed E-state index contributed by atoms with van der Waals surface area (Å²) < 4.78 is 27.8. The minimum absolute atomic E-state index is 0.258. The van der Waals surface area contributed by atoms with Gasteiger partial charge in [-0.3, -0.25) is 4.79 Å². The van der Waals surface area contributed by atoms with Gasteiger partial charge in [-0.15, -0.1) is 0 Å². The Morgan fingerprint density at radius 2 is 1.72 bits per heavy atom. The second-order valence-corrected chi connectivity index (χ2v) is 10.8. The van der Waals surface area contributed by atoms with Crippen molar-refractivity contribution in [2.45, 2.75) is 12.7 Å². The number of hydrogen-bond acceptors (Lipinski definition) is 3. The summed E-state index contributed by atoms with van der Waals surface area (Å²) in [4.78, 5) is 16.2. The van der Waals surface area contributed by atoms with Gasteiger partial charge in [0.25, 0.3) is 0 Å². The molecule has 1 N–H and O–H groups in total. The molecule has 4 nitrogen and oxygen atoms in total. The number of fused-ring (bicyclic) bond motifs is 1. The smallest absolute Gasteiger partial charge is 0.204 e. The lowest BCUT2D eigenvalue weighted by Gasteiger charge is -2.10. The Kier molecular flexibility index (Phi) is 6.38. The van der Waals surface area contributed by atoms with E-state index in [9.17, 15) is 13.2 Å². The van der Waals surface area contributed by atoms with Gasteiger partial charge in [0.05, 0.1) is 5.75 Å². The van der Waals surface area contributed by atoms with Crippen molar-refractivity contribution in [2.75, 3.05) is 0 Å². The normalized spacial score (nSPS) is 12.3. The molecule has 7 heteroatoms. The van der Waals surface area contributed by atoms with Crippen LogP contribution in [0.25, 0.3) is 17.0 Å². The molecule has 1 aromatic heterocycles. The third kappa shape index (κ3) is 4.88. The third-order valence-electron chi connectivity index (χ3n) is 5.10. The summed E-state index contributed by atoms with van der Waals surface area (Å²) in [5.41, 5.74) is 3.37. The number of aryl methyl sites for hydroxylation is 1. The lowest BCUT2D eigenvalue weighted by molar-refractivity contribution is 0.104. The van der Waals surface area contributed by atoms with Crippen LogP contribution >= 0.6 is 27.5 Å². The molecule has 0 fully saturated rings. The van der Waals surface area contributed by atoms with Gasteiger partial charge in [-0.05, 0) is 61.0 Å². The summed E-state index contributed by atoms with van der Waals surface area (Å²) in [7, 11) is -3.95. The zero-order chi connectivity index (χ0) is 22.9. The number of halogens is 2. The van der Waals surface area contributed by atoms with Crippen molar-refractivity contribution in [3.63, 3.8) is 0 Å². The van der Waals surface area contributed by atoms with Gasteiger partial charge in [-0.25, -0.2) is 8.42 Å². The first-order valence-corrected chi connectivity index (χ1v) is 12.6. The summed E-state index contributed by atoms with van der Waals surface area (Å²) >= 11 is 9.40. The van der Waals surface area contributed by atoms with E-state index in [0.717, 1.165) is 20.9 Å². The number of nitrogens with one attached hydrogen (secondary N) is 1. The molecule has 0 aliphatic heterocycles. The van der Waals surface area contributed by atoms with E-state index >= 15 is 0 Å². The summed E-state index contributed by atoms with van der Waals surface area (Å²) in [6.07, 6.45) is 3.15. The van der Waals surface area contributed by atoms with Crippen LogP contribution in [-0.2, 0) is 15.6 Å². The van der Waals surface area contributed by atoms with E-state index in [1.54, 1.807) is 30.5 Å². The van der Waals surface area contributed by atoms with E-state index in [0.29, 0.717) is 16.1 Å². The predicted molar refractivity (Wildman–Crippen MR) is 134 cm³/mol. The molecule has 4 aromatic rings. The molecule has 0 unspecified atom stereocenters. The highest BCUT2D eigenvalue weighted by Crippen LogP contribution is 2.28. The van der Waals surface area contributed by atoms with E-state index in [4.69, 9.17) is 11.6 Å². The van der Waals surface area contributed by atoms with Crippen LogP contribution in [0.5, 0.6) is 0 Å². The van der Waals surface area contributed by atoms with Crippen LogP contribution in [0.1, 0.15) is 27.0 Å². The molecule has 0 radical (unpaired) electrons. The largest absolute Gasteiger partial charge is 0.361 e. The average Bonchev–Trinajstić information content (AvgIpc) is 3.15. The number of sulfone groups is 1. The molecule has 3 aromatic carbocycles. The quantitative estimate of drug-likeness (QED) is 0.223. The number of Topliss-reactive ketones (excluding diaryl/α,β-unsaturated/α-hetero) is 1. The number of H-pyrrole nitrogens is 1. The maximum Gasteiger partial charge on any atom is 0.204 e. The van der Waals surface area contributed by atoms with Gasteiger partial charge in [-0.1, -0.05) is 57.4 Å². The Balaban J connectivity index is 1.84. The summed E-state index contributed by atoms with van der Waals surface area (Å²) in [5, 5.41) is 1.28. The Hall–Kier alpha value is -2.67. The van der Waals surface area contributed by atoms with E-state index in [-0.39, 0.29) is 16.2 Å². The van der Waals surface area contributed by atoms with E-state index < -0.39 is 15.6 Å². The third-order valence-corrected chi connectivity index (χ3v) is 7.54. The van der Waals surface area contributed by atoms with Crippen LogP contribution in [0.4, 0.5) is 0 Å². The molecule has 0 saturated carbocycles. The number of aromatic nitrogens is 1. The Morgan fingerprint density at radius 3 is 2.41 bits per heavy atom. The lowest BCUT2D eigenvalue weighted by atomic mass is 10.1. The number of rotatable bonds is 6. The molecular weight excluding hydrogens is 510 g/mol. The maximum absolute atomic E-state index is 13.5. The molecule has 162 valence electrons. The molecule has 0 saturated heterocycles. The van der Waals surface area contributed by atoms with Crippen LogP contribution in [-0.4, -0.2) is 19.2 Å². The maximum atomic E-state index is 13.5. The number of aromatic amines is 1. The van der Waals surface area contributed by atoms with Crippen molar-refractivity contribution in [1.82, 2.24) is 4.98 Å². The van der Waals surface area contributed by atoms with Gasteiger partial charge in [0, 0.05) is 37.7 Å². The van der Waals surface area contributed by atoms with Crippen molar-refractivity contribution >= 4 is 60.1 Å². The zero-order valence-electron chi connectivity index (χ0n) is 17.1.